The summed E-state index contributed by atoms with van der Waals surface area (Å²) in [6.45, 7) is 1.32. The molecule has 108 valence electrons. The number of benzene rings is 1. The van der Waals surface area contributed by atoms with Crippen molar-refractivity contribution in [1.82, 2.24) is 5.01 Å². The smallest absolute Gasteiger partial charge is 0.362 e. The standard InChI is InChI=1S/C12H10BrF3N2O2/c1-7-6-11(20,12(14,15)16)18(17-7)10(19)8-2-4-9(13)5-3-8/h2-5,20H,6H2,1H3. The second-order valence-corrected chi connectivity index (χ2v) is 5.37. The van der Waals surface area contributed by atoms with E-state index in [4.69, 9.17) is 0 Å². The second kappa shape index (κ2) is 4.85. The highest BCUT2D eigenvalue weighted by atomic mass is 79.9. The molecule has 1 amide bonds. The Labute approximate surface area is 121 Å². The largest absolute Gasteiger partial charge is 0.438 e. The van der Waals surface area contributed by atoms with Crippen molar-refractivity contribution in [3.8, 4) is 0 Å². The van der Waals surface area contributed by atoms with Gasteiger partial charge in [-0.2, -0.15) is 23.3 Å². The fourth-order valence-corrected chi connectivity index (χ4v) is 2.13. The molecule has 1 aliphatic rings. The van der Waals surface area contributed by atoms with E-state index in [1.54, 1.807) is 0 Å². The number of alkyl halides is 3. The molecule has 1 atom stereocenters. The van der Waals surface area contributed by atoms with Crippen molar-refractivity contribution in [2.75, 3.05) is 0 Å². The van der Waals surface area contributed by atoms with Crippen LogP contribution in [-0.4, -0.2) is 33.6 Å². The zero-order valence-electron chi connectivity index (χ0n) is 10.3. The summed E-state index contributed by atoms with van der Waals surface area (Å²) < 4.78 is 39.6. The fourth-order valence-electron chi connectivity index (χ4n) is 1.87. The second-order valence-electron chi connectivity index (χ2n) is 4.45. The molecular weight excluding hydrogens is 341 g/mol. The molecule has 0 radical (unpaired) electrons. The Kier molecular flexibility index (Phi) is 3.64. The molecule has 0 saturated heterocycles. The molecule has 1 unspecified atom stereocenters. The molecule has 2 rings (SSSR count). The first-order valence-corrected chi connectivity index (χ1v) is 6.38. The van der Waals surface area contributed by atoms with Crippen molar-refractivity contribution in [3.05, 3.63) is 34.3 Å². The van der Waals surface area contributed by atoms with Crippen molar-refractivity contribution in [2.45, 2.75) is 25.2 Å². The van der Waals surface area contributed by atoms with Gasteiger partial charge in [0.1, 0.15) is 0 Å². The first kappa shape index (κ1) is 15.0. The Morgan fingerprint density at radius 2 is 1.95 bits per heavy atom. The van der Waals surface area contributed by atoms with E-state index in [1.165, 1.54) is 31.2 Å². The maximum absolute atomic E-state index is 13.0. The van der Waals surface area contributed by atoms with Crippen LogP contribution in [0.15, 0.2) is 33.8 Å². The van der Waals surface area contributed by atoms with E-state index in [0.29, 0.717) is 4.47 Å². The van der Waals surface area contributed by atoms with Crippen LogP contribution in [0.1, 0.15) is 23.7 Å². The van der Waals surface area contributed by atoms with Crippen LogP contribution >= 0.6 is 15.9 Å². The number of halogens is 4. The Bertz CT molecular complexity index is 571. The van der Waals surface area contributed by atoms with E-state index in [2.05, 4.69) is 21.0 Å². The summed E-state index contributed by atoms with van der Waals surface area (Å²) in [4.78, 5) is 12.1. The van der Waals surface area contributed by atoms with Gasteiger partial charge in [0.2, 0.25) is 0 Å². The fraction of sp³-hybridized carbons (Fsp3) is 0.333. The zero-order valence-corrected chi connectivity index (χ0v) is 11.9. The third-order valence-corrected chi connectivity index (χ3v) is 3.39. The van der Waals surface area contributed by atoms with Gasteiger partial charge in [-0.15, -0.1) is 0 Å². The topological polar surface area (TPSA) is 52.9 Å². The lowest BCUT2D eigenvalue weighted by molar-refractivity contribution is -0.297. The van der Waals surface area contributed by atoms with Crippen LogP contribution in [0.3, 0.4) is 0 Å². The van der Waals surface area contributed by atoms with Crippen LogP contribution in [0.5, 0.6) is 0 Å². The lowest BCUT2D eigenvalue weighted by Gasteiger charge is -2.32. The highest BCUT2D eigenvalue weighted by molar-refractivity contribution is 9.10. The number of nitrogens with zero attached hydrogens (tertiary/aromatic N) is 2. The van der Waals surface area contributed by atoms with E-state index in [9.17, 15) is 23.1 Å². The molecule has 1 aliphatic heterocycles. The molecular formula is C12H10BrF3N2O2. The Hall–Kier alpha value is -1.41. The normalized spacial score (nSPS) is 22.9. The highest BCUT2D eigenvalue weighted by Crippen LogP contribution is 2.40. The van der Waals surface area contributed by atoms with E-state index in [-0.39, 0.29) is 16.3 Å². The zero-order chi connectivity index (χ0) is 15.1. The number of hydrogen-bond donors (Lipinski definition) is 1. The average molecular weight is 351 g/mol. The summed E-state index contributed by atoms with van der Waals surface area (Å²) >= 11 is 3.16. The molecule has 4 nitrogen and oxygen atoms in total. The monoisotopic (exact) mass is 350 g/mol. The van der Waals surface area contributed by atoms with Crippen molar-refractivity contribution in [1.29, 1.82) is 0 Å². The minimum atomic E-state index is -4.99. The predicted molar refractivity (Wildman–Crippen MR) is 69.0 cm³/mol. The van der Waals surface area contributed by atoms with E-state index in [0.717, 1.165) is 0 Å². The van der Waals surface area contributed by atoms with Crippen molar-refractivity contribution in [2.24, 2.45) is 5.10 Å². The summed E-state index contributed by atoms with van der Waals surface area (Å²) in [6.07, 6.45) is -5.74. The molecule has 1 N–H and O–H groups in total. The van der Waals surface area contributed by atoms with Gasteiger partial charge in [-0.25, -0.2) is 0 Å². The number of amides is 1. The average Bonchev–Trinajstić information content (AvgIpc) is 2.65. The number of hydrazone groups is 1. The summed E-state index contributed by atoms with van der Waals surface area (Å²) in [6, 6.07) is 5.75. The molecule has 0 saturated carbocycles. The van der Waals surface area contributed by atoms with Crippen molar-refractivity contribution < 1.29 is 23.1 Å². The van der Waals surface area contributed by atoms with Crippen LogP contribution in [-0.2, 0) is 0 Å². The van der Waals surface area contributed by atoms with E-state index in [1.807, 2.05) is 0 Å². The number of rotatable bonds is 1. The molecule has 0 spiro atoms. The molecule has 0 fully saturated rings. The van der Waals surface area contributed by atoms with Gasteiger partial charge in [0.15, 0.2) is 0 Å². The third kappa shape index (κ3) is 2.45. The molecule has 1 aromatic rings. The Morgan fingerprint density at radius 3 is 2.45 bits per heavy atom. The van der Waals surface area contributed by atoms with E-state index >= 15 is 0 Å². The summed E-state index contributed by atoms with van der Waals surface area (Å²) in [5, 5.41) is 13.4. The quantitative estimate of drug-likeness (QED) is 0.846. The highest BCUT2D eigenvalue weighted by Gasteiger charge is 2.62. The summed E-state index contributed by atoms with van der Waals surface area (Å²) in [7, 11) is 0. The molecule has 0 aromatic heterocycles. The van der Waals surface area contributed by atoms with Gasteiger partial charge < -0.3 is 5.11 Å². The number of aliphatic hydroxyl groups is 1. The van der Waals surface area contributed by atoms with Crippen LogP contribution in [0.2, 0.25) is 0 Å². The minimum absolute atomic E-state index is 0.00863. The first-order chi connectivity index (χ1) is 9.15. The predicted octanol–water partition coefficient (Wildman–Crippen LogP) is 2.92. The molecule has 1 aromatic carbocycles. The first-order valence-electron chi connectivity index (χ1n) is 5.58. The number of hydrogen-bond acceptors (Lipinski definition) is 3. The molecule has 8 heteroatoms. The van der Waals surface area contributed by atoms with E-state index < -0.39 is 24.2 Å². The lowest BCUT2D eigenvalue weighted by atomic mass is 10.1. The van der Waals surface area contributed by atoms with Gasteiger partial charge in [-0.05, 0) is 31.2 Å². The van der Waals surface area contributed by atoms with Crippen molar-refractivity contribution in [3.63, 3.8) is 0 Å². The van der Waals surface area contributed by atoms with Gasteiger partial charge in [0, 0.05) is 22.2 Å². The lowest BCUT2D eigenvalue weighted by Crippen LogP contribution is -2.56. The van der Waals surface area contributed by atoms with Gasteiger partial charge in [0.05, 0.1) is 0 Å². The number of carbonyl (C=O) groups excluding carboxylic acids is 1. The van der Waals surface area contributed by atoms with Crippen LogP contribution in [0.25, 0.3) is 0 Å². The minimum Gasteiger partial charge on any atom is -0.362 e. The Morgan fingerprint density at radius 1 is 1.40 bits per heavy atom. The molecule has 20 heavy (non-hydrogen) atoms. The van der Waals surface area contributed by atoms with Gasteiger partial charge in [-0.3, -0.25) is 4.79 Å². The Balaban J connectivity index is 2.39. The van der Waals surface area contributed by atoms with Gasteiger partial charge >= 0.3 is 6.18 Å². The van der Waals surface area contributed by atoms with Gasteiger partial charge in [0.25, 0.3) is 11.6 Å². The van der Waals surface area contributed by atoms with Gasteiger partial charge in [-0.1, -0.05) is 15.9 Å². The van der Waals surface area contributed by atoms with Crippen LogP contribution in [0.4, 0.5) is 13.2 Å². The SMILES string of the molecule is CC1=NN(C(=O)c2ccc(Br)cc2)C(O)(C(F)(F)F)C1. The molecule has 0 bridgehead atoms. The maximum atomic E-state index is 13.0. The van der Waals surface area contributed by atoms with Crippen LogP contribution in [0, 0.1) is 0 Å². The maximum Gasteiger partial charge on any atom is 0.438 e. The number of carbonyl (C=O) groups is 1. The third-order valence-electron chi connectivity index (χ3n) is 2.86. The summed E-state index contributed by atoms with van der Waals surface area (Å²) in [5.41, 5.74) is -3.24. The van der Waals surface area contributed by atoms with Crippen LogP contribution < -0.4 is 0 Å². The van der Waals surface area contributed by atoms with Crippen molar-refractivity contribution >= 4 is 27.5 Å². The molecule has 0 aliphatic carbocycles. The molecule has 1 heterocycles. The summed E-state index contributed by atoms with van der Waals surface area (Å²) in [5.74, 6) is -1.01.